The molecule has 1 aromatic rings. The van der Waals surface area contributed by atoms with Gasteiger partial charge in [-0.2, -0.15) is 5.10 Å². The molecule has 0 radical (unpaired) electrons. The van der Waals surface area contributed by atoms with Crippen molar-refractivity contribution in [2.24, 2.45) is 12.5 Å². The van der Waals surface area contributed by atoms with E-state index in [4.69, 9.17) is 4.74 Å². The number of aryl methyl sites for hydroxylation is 1. The molecule has 0 fully saturated rings. The minimum atomic E-state index is 0.289. The number of aromatic nitrogens is 2. The first kappa shape index (κ1) is 14.0. The van der Waals surface area contributed by atoms with Gasteiger partial charge in [-0.05, 0) is 25.3 Å². The molecule has 4 nitrogen and oxygen atoms in total. The summed E-state index contributed by atoms with van der Waals surface area (Å²) in [6.45, 7) is 6.79. The normalized spacial score (nSPS) is 13.8. The summed E-state index contributed by atoms with van der Waals surface area (Å²) in [5.74, 6) is 0.862. The van der Waals surface area contributed by atoms with Crippen LogP contribution in [-0.2, 0) is 7.05 Å². The fraction of sp³-hybridized carbons (Fsp3) is 0.769. The van der Waals surface area contributed by atoms with E-state index in [-0.39, 0.29) is 6.04 Å². The highest BCUT2D eigenvalue weighted by atomic mass is 16.5. The smallest absolute Gasteiger partial charge is 0.161 e. The quantitative estimate of drug-likeness (QED) is 0.858. The van der Waals surface area contributed by atoms with Gasteiger partial charge in [0.15, 0.2) is 5.75 Å². The second-order valence-electron chi connectivity index (χ2n) is 5.66. The van der Waals surface area contributed by atoms with Crippen LogP contribution in [-0.4, -0.2) is 23.9 Å². The third kappa shape index (κ3) is 3.73. The molecule has 17 heavy (non-hydrogen) atoms. The number of nitrogens with zero attached hydrogens (tertiary/aromatic N) is 2. The number of ether oxygens (including phenoxy) is 1. The van der Waals surface area contributed by atoms with Gasteiger partial charge in [0.2, 0.25) is 0 Å². The molecule has 4 heteroatoms. The van der Waals surface area contributed by atoms with Gasteiger partial charge in [0, 0.05) is 7.05 Å². The van der Waals surface area contributed by atoms with Crippen molar-refractivity contribution in [2.75, 3.05) is 14.2 Å². The lowest BCUT2D eigenvalue weighted by molar-refractivity contribution is 0.326. The summed E-state index contributed by atoms with van der Waals surface area (Å²) in [5.41, 5.74) is 1.47. The van der Waals surface area contributed by atoms with Crippen molar-refractivity contribution in [3.05, 3.63) is 11.9 Å². The molecule has 0 aliphatic carbocycles. The van der Waals surface area contributed by atoms with Crippen molar-refractivity contribution < 1.29 is 4.74 Å². The molecule has 1 atom stereocenters. The molecule has 1 rings (SSSR count). The van der Waals surface area contributed by atoms with Crippen LogP contribution < -0.4 is 10.1 Å². The number of methoxy groups -OCH3 is 1. The second-order valence-corrected chi connectivity index (χ2v) is 5.66. The molecule has 0 amide bonds. The van der Waals surface area contributed by atoms with Crippen molar-refractivity contribution in [1.82, 2.24) is 15.1 Å². The van der Waals surface area contributed by atoms with Gasteiger partial charge < -0.3 is 10.1 Å². The van der Waals surface area contributed by atoms with Crippen LogP contribution in [0, 0.1) is 5.41 Å². The van der Waals surface area contributed by atoms with E-state index in [2.05, 4.69) is 31.2 Å². The zero-order valence-electron chi connectivity index (χ0n) is 11.9. The molecule has 1 unspecified atom stereocenters. The average Bonchev–Trinajstić information content (AvgIpc) is 2.60. The topological polar surface area (TPSA) is 39.1 Å². The minimum absolute atomic E-state index is 0.289. The van der Waals surface area contributed by atoms with Crippen LogP contribution in [0.4, 0.5) is 0 Å². The maximum Gasteiger partial charge on any atom is 0.161 e. The molecule has 0 saturated heterocycles. The van der Waals surface area contributed by atoms with E-state index in [1.807, 2.05) is 18.8 Å². The molecule has 0 aliphatic heterocycles. The van der Waals surface area contributed by atoms with Crippen LogP contribution in [0.1, 0.15) is 45.3 Å². The van der Waals surface area contributed by atoms with Gasteiger partial charge in [0.1, 0.15) is 0 Å². The lowest BCUT2D eigenvalue weighted by Crippen LogP contribution is -2.22. The lowest BCUT2D eigenvalue weighted by atomic mass is 9.88. The van der Waals surface area contributed by atoms with Gasteiger partial charge in [-0.15, -0.1) is 0 Å². The second kappa shape index (κ2) is 5.54. The van der Waals surface area contributed by atoms with Gasteiger partial charge in [-0.25, -0.2) is 0 Å². The average molecular weight is 239 g/mol. The predicted octanol–water partition coefficient (Wildman–Crippen LogP) is 2.52. The standard InChI is InChI=1S/C13H25N3O/c1-13(2,3)8-7-10(14-4)12-11(17-6)9-15-16(12)5/h9-10,14H,7-8H2,1-6H3. The first-order chi connectivity index (χ1) is 7.89. The molecule has 98 valence electrons. The lowest BCUT2D eigenvalue weighted by Gasteiger charge is -2.23. The van der Waals surface area contributed by atoms with Crippen LogP contribution in [0.5, 0.6) is 5.75 Å². The summed E-state index contributed by atoms with van der Waals surface area (Å²) in [6, 6.07) is 0.289. The maximum atomic E-state index is 5.36. The van der Waals surface area contributed by atoms with Crippen LogP contribution in [0.2, 0.25) is 0 Å². The van der Waals surface area contributed by atoms with Crippen molar-refractivity contribution >= 4 is 0 Å². The molecule has 1 heterocycles. The first-order valence-corrected chi connectivity index (χ1v) is 6.12. The zero-order chi connectivity index (χ0) is 13.1. The Kier molecular flexibility index (Phi) is 4.57. The minimum Gasteiger partial charge on any atom is -0.493 e. The molecule has 0 spiro atoms. The molecule has 0 aliphatic rings. The van der Waals surface area contributed by atoms with Gasteiger partial charge in [0.25, 0.3) is 0 Å². The Bertz CT molecular complexity index is 352. The number of hydrogen-bond donors (Lipinski definition) is 1. The SMILES string of the molecule is CNC(CCC(C)(C)C)c1c(OC)cnn1C. The Morgan fingerprint density at radius 2 is 2.12 bits per heavy atom. The Hall–Kier alpha value is -1.03. The van der Waals surface area contributed by atoms with Crippen LogP contribution in [0.25, 0.3) is 0 Å². The Balaban J connectivity index is 2.82. The summed E-state index contributed by atoms with van der Waals surface area (Å²) in [7, 11) is 5.63. The van der Waals surface area contributed by atoms with Gasteiger partial charge >= 0.3 is 0 Å². The maximum absolute atomic E-state index is 5.36. The highest BCUT2D eigenvalue weighted by molar-refractivity contribution is 5.28. The van der Waals surface area contributed by atoms with E-state index in [0.717, 1.165) is 24.3 Å². The van der Waals surface area contributed by atoms with Crippen molar-refractivity contribution in [2.45, 2.75) is 39.7 Å². The summed E-state index contributed by atoms with van der Waals surface area (Å²) in [6.07, 6.45) is 4.01. The summed E-state index contributed by atoms with van der Waals surface area (Å²) in [4.78, 5) is 0. The Labute approximate surface area is 104 Å². The number of hydrogen-bond acceptors (Lipinski definition) is 3. The molecule has 0 aromatic carbocycles. The number of rotatable bonds is 5. The third-order valence-electron chi connectivity index (χ3n) is 3.03. The monoisotopic (exact) mass is 239 g/mol. The van der Waals surface area contributed by atoms with Gasteiger partial charge in [-0.3, -0.25) is 4.68 Å². The molecule has 1 N–H and O–H groups in total. The molecular weight excluding hydrogens is 214 g/mol. The van der Waals surface area contributed by atoms with Crippen LogP contribution >= 0.6 is 0 Å². The predicted molar refractivity (Wildman–Crippen MR) is 70.2 cm³/mol. The highest BCUT2D eigenvalue weighted by Gasteiger charge is 2.21. The third-order valence-corrected chi connectivity index (χ3v) is 3.03. The van der Waals surface area contributed by atoms with Crippen LogP contribution in [0.15, 0.2) is 6.20 Å². The summed E-state index contributed by atoms with van der Waals surface area (Å²) in [5, 5.41) is 7.60. The molecule has 0 bridgehead atoms. The van der Waals surface area contributed by atoms with Crippen molar-refractivity contribution in [3.8, 4) is 5.75 Å². The highest BCUT2D eigenvalue weighted by Crippen LogP contribution is 2.31. The summed E-state index contributed by atoms with van der Waals surface area (Å²) >= 11 is 0. The largest absolute Gasteiger partial charge is 0.493 e. The van der Waals surface area contributed by atoms with E-state index in [9.17, 15) is 0 Å². The van der Waals surface area contributed by atoms with E-state index in [1.165, 1.54) is 0 Å². The van der Waals surface area contributed by atoms with E-state index in [1.54, 1.807) is 13.3 Å². The Morgan fingerprint density at radius 1 is 1.47 bits per heavy atom. The van der Waals surface area contributed by atoms with E-state index < -0.39 is 0 Å². The van der Waals surface area contributed by atoms with Crippen molar-refractivity contribution in [3.63, 3.8) is 0 Å². The fourth-order valence-electron chi connectivity index (χ4n) is 1.98. The first-order valence-electron chi connectivity index (χ1n) is 6.12. The Morgan fingerprint density at radius 3 is 2.59 bits per heavy atom. The van der Waals surface area contributed by atoms with E-state index >= 15 is 0 Å². The molecule has 0 saturated carbocycles. The zero-order valence-corrected chi connectivity index (χ0v) is 11.9. The van der Waals surface area contributed by atoms with Crippen LogP contribution in [0.3, 0.4) is 0 Å². The summed E-state index contributed by atoms with van der Waals surface area (Å²) < 4.78 is 7.25. The molecular formula is C13H25N3O. The van der Waals surface area contributed by atoms with Gasteiger partial charge in [-0.1, -0.05) is 20.8 Å². The van der Waals surface area contributed by atoms with Crippen molar-refractivity contribution in [1.29, 1.82) is 0 Å². The molecule has 1 aromatic heterocycles. The number of nitrogens with one attached hydrogen (secondary N) is 1. The fourth-order valence-corrected chi connectivity index (χ4v) is 1.98. The van der Waals surface area contributed by atoms with Gasteiger partial charge in [0.05, 0.1) is 25.0 Å². The van der Waals surface area contributed by atoms with E-state index in [0.29, 0.717) is 5.41 Å².